The largest absolute Gasteiger partial charge is 0.486 e. The van der Waals surface area contributed by atoms with Crippen LogP contribution in [0, 0.1) is 6.92 Å². The summed E-state index contributed by atoms with van der Waals surface area (Å²) in [5.74, 6) is 1.32. The van der Waals surface area contributed by atoms with Crippen molar-refractivity contribution in [2.24, 2.45) is 0 Å². The van der Waals surface area contributed by atoms with E-state index in [0.29, 0.717) is 30.4 Å². The van der Waals surface area contributed by atoms with E-state index in [4.69, 9.17) is 9.47 Å². The van der Waals surface area contributed by atoms with E-state index >= 15 is 0 Å². The standard InChI is InChI=1S/C19H22N2O3/c1-4-15-6-5-13(2)21(12-15)14(3)19(22)20-16-7-8-17-18(11-16)24-10-9-23-17/h5-8,11-12,14H,4,9-10H2,1-3H3/p+1/t14-/m1/s1. The molecule has 1 aromatic heterocycles. The molecule has 2 aromatic rings. The summed E-state index contributed by atoms with van der Waals surface area (Å²) >= 11 is 0. The van der Waals surface area contributed by atoms with Gasteiger partial charge in [0.15, 0.2) is 23.4 Å². The number of carbonyl (C=O) groups excluding carboxylic acids is 1. The highest BCUT2D eigenvalue weighted by atomic mass is 16.6. The molecule has 0 fully saturated rings. The van der Waals surface area contributed by atoms with Crippen LogP contribution >= 0.6 is 0 Å². The minimum absolute atomic E-state index is 0.0620. The van der Waals surface area contributed by atoms with E-state index in [2.05, 4.69) is 18.3 Å². The van der Waals surface area contributed by atoms with Crippen LogP contribution in [0.1, 0.15) is 31.1 Å². The van der Waals surface area contributed by atoms with Crippen LogP contribution in [-0.4, -0.2) is 19.1 Å². The Morgan fingerprint density at radius 3 is 2.71 bits per heavy atom. The lowest BCUT2D eigenvalue weighted by Crippen LogP contribution is -2.47. The summed E-state index contributed by atoms with van der Waals surface area (Å²) in [6.07, 6.45) is 2.99. The number of anilines is 1. The number of aromatic nitrogens is 1. The summed E-state index contributed by atoms with van der Waals surface area (Å²) in [6.45, 7) is 7.10. The van der Waals surface area contributed by atoms with E-state index < -0.39 is 0 Å². The van der Waals surface area contributed by atoms with Crippen LogP contribution in [0.15, 0.2) is 36.5 Å². The van der Waals surface area contributed by atoms with Crippen molar-refractivity contribution >= 4 is 11.6 Å². The van der Waals surface area contributed by atoms with Gasteiger partial charge in [-0.3, -0.25) is 4.79 Å². The van der Waals surface area contributed by atoms with Gasteiger partial charge in [-0.2, -0.15) is 4.57 Å². The third kappa shape index (κ3) is 3.35. The first-order chi connectivity index (χ1) is 11.6. The third-order valence-electron chi connectivity index (χ3n) is 4.27. The number of nitrogens with one attached hydrogen (secondary N) is 1. The van der Waals surface area contributed by atoms with E-state index in [1.54, 1.807) is 6.07 Å². The number of hydrogen-bond acceptors (Lipinski definition) is 3. The second kappa shape index (κ2) is 6.91. The lowest BCUT2D eigenvalue weighted by Gasteiger charge is -2.19. The molecule has 24 heavy (non-hydrogen) atoms. The number of amides is 1. The molecule has 5 heteroatoms. The first kappa shape index (κ1) is 16.3. The van der Waals surface area contributed by atoms with Crippen molar-refractivity contribution < 1.29 is 18.8 Å². The average Bonchev–Trinajstić information content (AvgIpc) is 2.61. The number of hydrogen-bond donors (Lipinski definition) is 1. The molecule has 0 aliphatic carbocycles. The van der Waals surface area contributed by atoms with Gasteiger partial charge in [0.2, 0.25) is 6.04 Å². The fourth-order valence-corrected chi connectivity index (χ4v) is 2.76. The molecule has 0 saturated heterocycles. The van der Waals surface area contributed by atoms with Crippen LogP contribution < -0.4 is 19.4 Å². The molecule has 0 unspecified atom stereocenters. The maximum absolute atomic E-state index is 12.6. The molecule has 1 amide bonds. The Labute approximate surface area is 142 Å². The highest BCUT2D eigenvalue weighted by molar-refractivity contribution is 5.92. The zero-order valence-electron chi connectivity index (χ0n) is 14.3. The van der Waals surface area contributed by atoms with E-state index in [1.807, 2.05) is 42.8 Å². The van der Waals surface area contributed by atoms with Gasteiger partial charge >= 0.3 is 0 Å². The summed E-state index contributed by atoms with van der Waals surface area (Å²) in [6, 6.07) is 9.30. The van der Waals surface area contributed by atoms with E-state index in [1.165, 1.54) is 5.56 Å². The van der Waals surface area contributed by atoms with Gasteiger partial charge in [-0.15, -0.1) is 0 Å². The van der Waals surface area contributed by atoms with Gasteiger partial charge in [-0.05, 0) is 24.6 Å². The molecule has 0 radical (unpaired) electrons. The molecule has 0 saturated carbocycles. The van der Waals surface area contributed by atoms with Gasteiger partial charge in [0.05, 0.1) is 0 Å². The van der Waals surface area contributed by atoms with Crippen LogP contribution in [0.5, 0.6) is 11.5 Å². The van der Waals surface area contributed by atoms with E-state index in [0.717, 1.165) is 12.1 Å². The van der Waals surface area contributed by atoms with Crippen LogP contribution in [0.4, 0.5) is 5.69 Å². The average molecular weight is 327 g/mol. The predicted molar refractivity (Wildman–Crippen MR) is 91.5 cm³/mol. The molecule has 1 aromatic carbocycles. The Bertz CT molecular complexity index is 758. The van der Waals surface area contributed by atoms with Crippen LogP contribution in [0.2, 0.25) is 0 Å². The van der Waals surface area contributed by atoms with Crippen LogP contribution in [0.3, 0.4) is 0 Å². The summed E-state index contributed by atoms with van der Waals surface area (Å²) in [5.41, 5.74) is 2.97. The Kier molecular flexibility index (Phi) is 4.69. The van der Waals surface area contributed by atoms with Gasteiger partial charge in [0, 0.05) is 37.2 Å². The Morgan fingerprint density at radius 2 is 1.96 bits per heavy atom. The lowest BCUT2D eigenvalue weighted by atomic mass is 10.1. The predicted octanol–water partition coefficient (Wildman–Crippen LogP) is 2.82. The molecule has 1 atom stereocenters. The summed E-state index contributed by atoms with van der Waals surface area (Å²) in [7, 11) is 0. The summed E-state index contributed by atoms with van der Waals surface area (Å²) in [4.78, 5) is 12.6. The molecule has 126 valence electrons. The minimum atomic E-state index is -0.301. The smallest absolute Gasteiger partial charge is 0.293 e. The first-order valence-corrected chi connectivity index (χ1v) is 8.29. The summed E-state index contributed by atoms with van der Waals surface area (Å²) < 4.78 is 13.1. The number of aryl methyl sites for hydroxylation is 2. The van der Waals surface area contributed by atoms with Crippen molar-refractivity contribution in [1.82, 2.24) is 0 Å². The molecule has 1 aliphatic heterocycles. The second-order valence-corrected chi connectivity index (χ2v) is 5.96. The van der Waals surface area contributed by atoms with Gasteiger partial charge in [-0.1, -0.05) is 6.92 Å². The van der Waals surface area contributed by atoms with Crippen LogP contribution in [-0.2, 0) is 11.2 Å². The third-order valence-corrected chi connectivity index (χ3v) is 4.27. The first-order valence-electron chi connectivity index (χ1n) is 8.29. The van der Waals surface area contributed by atoms with Gasteiger partial charge in [0.25, 0.3) is 5.91 Å². The zero-order chi connectivity index (χ0) is 17.1. The van der Waals surface area contributed by atoms with Gasteiger partial charge < -0.3 is 14.8 Å². The molecule has 1 N–H and O–H groups in total. The van der Waals surface area contributed by atoms with Crippen molar-refractivity contribution in [2.75, 3.05) is 18.5 Å². The number of nitrogens with zero attached hydrogens (tertiary/aromatic N) is 1. The molecule has 0 spiro atoms. The Morgan fingerprint density at radius 1 is 1.21 bits per heavy atom. The number of carbonyl (C=O) groups is 1. The maximum atomic E-state index is 12.6. The van der Waals surface area contributed by atoms with Crippen molar-refractivity contribution in [3.8, 4) is 11.5 Å². The molecular formula is C19H23N2O3+. The normalized spacial score (nSPS) is 14.1. The molecule has 5 nitrogen and oxygen atoms in total. The fraction of sp³-hybridized carbons (Fsp3) is 0.368. The number of fused-ring (bicyclic) bond motifs is 1. The SMILES string of the molecule is CCc1ccc(C)[n+]([C@H](C)C(=O)Nc2ccc3c(c2)OCCO3)c1. The fourth-order valence-electron chi connectivity index (χ4n) is 2.76. The van der Waals surface area contributed by atoms with E-state index in [9.17, 15) is 4.79 Å². The Hall–Kier alpha value is -2.56. The quantitative estimate of drug-likeness (QED) is 0.879. The lowest BCUT2D eigenvalue weighted by molar-refractivity contribution is -0.711. The van der Waals surface area contributed by atoms with Crippen molar-refractivity contribution in [3.63, 3.8) is 0 Å². The maximum Gasteiger partial charge on any atom is 0.293 e. The molecular weight excluding hydrogens is 304 g/mol. The molecule has 3 rings (SSSR count). The monoisotopic (exact) mass is 327 g/mol. The zero-order valence-corrected chi connectivity index (χ0v) is 14.3. The topological polar surface area (TPSA) is 51.4 Å². The number of pyridine rings is 1. The number of ether oxygens (including phenoxy) is 2. The van der Waals surface area contributed by atoms with Crippen LogP contribution in [0.25, 0.3) is 0 Å². The number of rotatable bonds is 4. The molecule has 0 bridgehead atoms. The molecule has 2 heterocycles. The summed E-state index contributed by atoms with van der Waals surface area (Å²) in [5, 5.41) is 2.96. The van der Waals surface area contributed by atoms with Gasteiger partial charge in [0.1, 0.15) is 13.2 Å². The molecule has 1 aliphatic rings. The van der Waals surface area contributed by atoms with E-state index in [-0.39, 0.29) is 11.9 Å². The van der Waals surface area contributed by atoms with Crippen molar-refractivity contribution in [2.45, 2.75) is 33.2 Å². The highest BCUT2D eigenvalue weighted by Crippen LogP contribution is 2.32. The van der Waals surface area contributed by atoms with Crippen molar-refractivity contribution in [1.29, 1.82) is 0 Å². The highest BCUT2D eigenvalue weighted by Gasteiger charge is 2.25. The second-order valence-electron chi connectivity index (χ2n) is 5.96. The minimum Gasteiger partial charge on any atom is -0.486 e. The number of benzene rings is 1. The Balaban J connectivity index is 1.77. The van der Waals surface area contributed by atoms with Gasteiger partial charge in [-0.25, -0.2) is 0 Å². The van der Waals surface area contributed by atoms with Crippen molar-refractivity contribution in [3.05, 3.63) is 47.8 Å².